The van der Waals surface area contributed by atoms with Gasteiger partial charge in [-0.1, -0.05) is 36.4 Å². The number of phenolic OH excluding ortho intramolecular Hbond substituents is 1. The molecule has 2 atom stereocenters. The standard InChI is InChI=1S/C19H25ClNO6PS/c1-3-25-15-7-9-18(22)19(10-15)29-16-8-6-14(17(20)11-16)5-4-13(2)12-26-28(23,24)27-21/h6-11,13,22H,3-5,12,21H2,1-2H3,(H,23,24). The molecule has 0 saturated carbocycles. The van der Waals surface area contributed by atoms with Crippen LogP contribution in [0.1, 0.15) is 25.8 Å². The van der Waals surface area contributed by atoms with Crippen molar-refractivity contribution in [3.05, 3.63) is 47.0 Å². The van der Waals surface area contributed by atoms with E-state index in [1.54, 1.807) is 18.2 Å². The van der Waals surface area contributed by atoms with Crippen LogP contribution in [0, 0.1) is 5.92 Å². The molecule has 160 valence electrons. The number of halogens is 1. The summed E-state index contributed by atoms with van der Waals surface area (Å²) in [5, 5.41) is 10.7. The van der Waals surface area contributed by atoms with Crippen molar-refractivity contribution in [1.82, 2.24) is 0 Å². The van der Waals surface area contributed by atoms with Crippen LogP contribution in [0.15, 0.2) is 46.2 Å². The first-order chi connectivity index (χ1) is 13.7. The van der Waals surface area contributed by atoms with E-state index >= 15 is 0 Å². The molecule has 2 aromatic rings. The lowest BCUT2D eigenvalue weighted by Crippen LogP contribution is -2.08. The van der Waals surface area contributed by atoms with E-state index in [2.05, 4.69) is 4.62 Å². The van der Waals surface area contributed by atoms with Crippen LogP contribution in [0.2, 0.25) is 5.02 Å². The summed E-state index contributed by atoms with van der Waals surface area (Å²) in [6, 6.07) is 10.8. The Balaban J connectivity index is 1.96. The minimum Gasteiger partial charge on any atom is -0.507 e. The SMILES string of the molecule is CCOc1ccc(O)c(Sc2ccc(CCC(C)COP(=O)(O)ON)c(Cl)c2)c1. The lowest BCUT2D eigenvalue weighted by Gasteiger charge is -2.14. The van der Waals surface area contributed by atoms with Crippen LogP contribution in [-0.2, 0) is 20.1 Å². The molecule has 0 heterocycles. The molecular formula is C19H25ClNO6PS. The number of benzene rings is 2. The summed E-state index contributed by atoms with van der Waals surface area (Å²) in [6.45, 7) is 4.39. The largest absolute Gasteiger partial charge is 0.507 e. The predicted octanol–water partition coefficient (Wildman–Crippen LogP) is 5.17. The summed E-state index contributed by atoms with van der Waals surface area (Å²) in [5.41, 5.74) is 0.956. The zero-order valence-electron chi connectivity index (χ0n) is 16.2. The second-order valence-electron chi connectivity index (χ2n) is 6.43. The number of phosphoric acid groups is 1. The van der Waals surface area contributed by atoms with Gasteiger partial charge in [0, 0.05) is 9.92 Å². The van der Waals surface area contributed by atoms with Gasteiger partial charge < -0.3 is 14.7 Å². The first-order valence-electron chi connectivity index (χ1n) is 9.02. The van der Waals surface area contributed by atoms with Gasteiger partial charge in [-0.25, -0.2) is 15.1 Å². The quantitative estimate of drug-likeness (QED) is 0.310. The molecule has 4 N–H and O–H groups in total. The highest BCUT2D eigenvalue weighted by atomic mass is 35.5. The molecule has 0 saturated heterocycles. The molecule has 2 aromatic carbocycles. The van der Waals surface area contributed by atoms with Gasteiger partial charge in [-0.05, 0) is 61.6 Å². The summed E-state index contributed by atoms with van der Waals surface area (Å²) in [4.78, 5) is 10.7. The molecule has 0 bridgehead atoms. The third kappa shape index (κ3) is 7.83. The van der Waals surface area contributed by atoms with E-state index in [0.717, 1.165) is 10.5 Å². The van der Waals surface area contributed by atoms with Crippen LogP contribution in [0.25, 0.3) is 0 Å². The number of hydrogen-bond acceptors (Lipinski definition) is 7. The van der Waals surface area contributed by atoms with Gasteiger partial charge in [0.15, 0.2) is 0 Å². The molecule has 0 aliphatic heterocycles. The van der Waals surface area contributed by atoms with Gasteiger partial charge in [0.1, 0.15) is 11.5 Å². The monoisotopic (exact) mass is 461 g/mol. The molecule has 10 heteroatoms. The van der Waals surface area contributed by atoms with E-state index in [1.807, 2.05) is 32.0 Å². The van der Waals surface area contributed by atoms with Crippen molar-refractivity contribution >= 4 is 31.2 Å². The first-order valence-corrected chi connectivity index (χ1v) is 11.7. The Kier molecular flexibility index (Phi) is 9.30. The summed E-state index contributed by atoms with van der Waals surface area (Å²) in [6.07, 6.45) is 1.38. The molecule has 0 fully saturated rings. The Hall–Kier alpha value is -1.25. The van der Waals surface area contributed by atoms with Crippen molar-refractivity contribution in [1.29, 1.82) is 0 Å². The second-order valence-corrected chi connectivity index (χ2v) is 9.36. The van der Waals surface area contributed by atoms with Crippen molar-refractivity contribution in [2.24, 2.45) is 11.8 Å². The van der Waals surface area contributed by atoms with E-state index in [1.165, 1.54) is 11.8 Å². The maximum Gasteiger partial charge on any atom is 0.488 e. The van der Waals surface area contributed by atoms with E-state index in [4.69, 9.17) is 31.7 Å². The molecule has 0 aromatic heterocycles. The van der Waals surface area contributed by atoms with Crippen molar-refractivity contribution in [3.8, 4) is 11.5 Å². The molecule has 0 amide bonds. The smallest absolute Gasteiger partial charge is 0.488 e. The highest BCUT2D eigenvalue weighted by Crippen LogP contribution is 2.41. The number of ether oxygens (including phenoxy) is 1. The topological polar surface area (TPSA) is 111 Å². The maximum atomic E-state index is 11.2. The first kappa shape index (κ1) is 24.0. The average Bonchev–Trinajstić information content (AvgIpc) is 2.68. The summed E-state index contributed by atoms with van der Waals surface area (Å²) in [5.74, 6) is 5.58. The number of aromatic hydroxyl groups is 1. The van der Waals surface area contributed by atoms with Crippen LogP contribution in [0.4, 0.5) is 0 Å². The van der Waals surface area contributed by atoms with Gasteiger partial charge in [-0.3, -0.25) is 4.52 Å². The number of rotatable bonds is 11. The summed E-state index contributed by atoms with van der Waals surface area (Å²) in [7, 11) is -4.17. The zero-order valence-corrected chi connectivity index (χ0v) is 18.7. The number of phenols is 1. The lowest BCUT2D eigenvalue weighted by molar-refractivity contribution is 0.133. The molecule has 29 heavy (non-hydrogen) atoms. The van der Waals surface area contributed by atoms with Gasteiger partial charge in [-0.15, -0.1) is 0 Å². The summed E-state index contributed by atoms with van der Waals surface area (Å²) >= 11 is 7.82. The minimum absolute atomic E-state index is 0.00833. The Morgan fingerprint density at radius 2 is 2.03 bits per heavy atom. The van der Waals surface area contributed by atoms with Gasteiger partial charge >= 0.3 is 7.82 Å². The average molecular weight is 462 g/mol. The Morgan fingerprint density at radius 1 is 1.28 bits per heavy atom. The highest BCUT2D eigenvalue weighted by molar-refractivity contribution is 7.99. The molecule has 0 aliphatic rings. The van der Waals surface area contributed by atoms with E-state index < -0.39 is 7.82 Å². The Labute approximate surface area is 179 Å². The number of aryl methyl sites for hydroxylation is 1. The summed E-state index contributed by atoms with van der Waals surface area (Å²) < 4.78 is 25.4. The fraction of sp³-hybridized carbons (Fsp3) is 0.368. The van der Waals surface area contributed by atoms with Crippen molar-refractivity contribution in [2.75, 3.05) is 13.2 Å². The van der Waals surface area contributed by atoms with Gasteiger partial charge in [0.05, 0.1) is 18.1 Å². The molecule has 0 spiro atoms. The zero-order chi connectivity index (χ0) is 21.4. The van der Waals surface area contributed by atoms with E-state index in [0.29, 0.717) is 35.1 Å². The lowest BCUT2D eigenvalue weighted by atomic mass is 10.0. The van der Waals surface area contributed by atoms with Gasteiger partial charge in [0.25, 0.3) is 0 Å². The maximum absolute atomic E-state index is 11.2. The number of hydrogen-bond donors (Lipinski definition) is 3. The third-order valence-corrected chi connectivity index (χ3v) is 6.19. The van der Waals surface area contributed by atoms with Crippen LogP contribution in [-0.4, -0.2) is 23.2 Å². The van der Waals surface area contributed by atoms with Crippen molar-refractivity contribution < 1.29 is 28.5 Å². The minimum atomic E-state index is -4.17. The Morgan fingerprint density at radius 3 is 2.69 bits per heavy atom. The second kappa shape index (κ2) is 11.2. The number of nitrogens with two attached hydrogens (primary N) is 1. The van der Waals surface area contributed by atoms with Gasteiger partial charge in [0.2, 0.25) is 0 Å². The van der Waals surface area contributed by atoms with Crippen molar-refractivity contribution in [2.45, 2.75) is 36.5 Å². The fourth-order valence-electron chi connectivity index (χ4n) is 2.49. The normalized spacial score (nSPS) is 14.4. The molecular weight excluding hydrogens is 437 g/mol. The fourth-order valence-corrected chi connectivity index (χ4v) is 4.25. The Bertz CT molecular complexity index is 869. The van der Waals surface area contributed by atoms with E-state index in [9.17, 15) is 9.67 Å². The molecule has 0 aliphatic carbocycles. The third-order valence-electron chi connectivity index (χ3n) is 4.06. The molecule has 7 nitrogen and oxygen atoms in total. The van der Waals surface area contributed by atoms with E-state index in [-0.39, 0.29) is 18.3 Å². The number of phosphoric ester groups is 1. The van der Waals surface area contributed by atoms with Crippen LogP contribution >= 0.6 is 31.2 Å². The van der Waals surface area contributed by atoms with Crippen LogP contribution < -0.4 is 10.6 Å². The predicted molar refractivity (Wildman–Crippen MR) is 113 cm³/mol. The molecule has 2 rings (SSSR count). The van der Waals surface area contributed by atoms with Crippen LogP contribution in [0.5, 0.6) is 11.5 Å². The van der Waals surface area contributed by atoms with Crippen LogP contribution in [0.3, 0.4) is 0 Å². The highest BCUT2D eigenvalue weighted by Gasteiger charge is 2.20. The molecule has 0 radical (unpaired) electrons. The molecule has 2 unspecified atom stereocenters. The van der Waals surface area contributed by atoms with Gasteiger partial charge in [-0.2, -0.15) is 0 Å². The van der Waals surface area contributed by atoms with Crippen molar-refractivity contribution in [3.63, 3.8) is 0 Å².